The van der Waals surface area contributed by atoms with E-state index in [2.05, 4.69) is 61.8 Å². The molecule has 2 aromatic rings. The van der Waals surface area contributed by atoms with Crippen LogP contribution in [0, 0.1) is 13.8 Å². The van der Waals surface area contributed by atoms with Gasteiger partial charge in [-0.1, -0.05) is 36.8 Å². The first-order valence-electron chi connectivity index (χ1n) is 6.53. The number of hydrogen-bond acceptors (Lipinski definition) is 2. The van der Waals surface area contributed by atoms with Gasteiger partial charge in [-0.15, -0.1) is 11.3 Å². The maximum atomic E-state index is 3.60. The van der Waals surface area contributed by atoms with Crippen molar-refractivity contribution in [3.8, 4) is 0 Å². The smallest absolute Gasteiger partial charge is 0.0458 e. The van der Waals surface area contributed by atoms with Crippen LogP contribution in [-0.4, -0.2) is 6.54 Å². The molecule has 2 rings (SSSR count). The van der Waals surface area contributed by atoms with E-state index in [0.717, 1.165) is 13.0 Å². The van der Waals surface area contributed by atoms with Crippen LogP contribution in [0.4, 0.5) is 0 Å². The maximum Gasteiger partial charge on any atom is 0.0458 e. The van der Waals surface area contributed by atoms with Crippen LogP contribution in [-0.2, 0) is 6.42 Å². The summed E-state index contributed by atoms with van der Waals surface area (Å²) in [6.07, 6.45) is 1.07. The topological polar surface area (TPSA) is 12.0 Å². The van der Waals surface area contributed by atoms with Crippen molar-refractivity contribution in [2.45, 2.75) is 33.2 Å². The Morgan fingerprint density at radius 1 is 1.22 bits per heavy atom. The fourth-order valence-electron chi connectivity index (χ4n) is 2.32. The molecular formula is C16H21NS. The van der Waals surface area contributed by atoms with E-state index in [1.807, 2.05) is 11.3 Å². The van der Waals surface area contributed by atoms with E-state index in [9.17, 15) is 0 Å². The molecule has 1 aromatic carbocycles. The largest absolute Gasteiger partial charge is 0.309 e. The highest BCUT2D eigenvalue weighted by Crippen LogP contribution is 2.27. The average molecular weight is 259 g/mol. The van der Waals surface area contributed by atoms with Crippen LogP contribution >= 0.6 is 11.3 Å². The van der Waals surface area contributed by atoms with E-state index in [0.29, 0.717) is 6.04 Å². The Kier molecular flexibility index (Phi) is 4.56. The summed E-state index contributed by atoms with van der Waals surface area (Å²) < 4.78 is 0. The van der Waals surface area contributed by atoms with Crippen molar-refractivity contribution in [3.63, 3.8) is 0 Å². The van der Waals surface area contributed by atoms with Gasteiger partial charge in [-0.05, 0) is 49.4 Å². The first-order chi connectivity index (χ1) is 8.70. The van der Waals surface area contributed by atoms with Gasteiger partial charge in [-0.3, -0.25) is 0 Å². The Hall–Kier alpha value is -1.12. The average Bonchev–Trinajstić information content (AvgIpc) is 2.75. The molecule has 0 fully saturated rings. The number of likely N-dealkylation sites (N-methyl/N-ethyl adjacent to an activating group) is 1. The maximum absolute atomic E-state index is 3.60. The summed E-state index contributed by atoms with van der Waals surface area (Å²) in [7, 11) is 0. The quantitative estimate of drug-likeness (QED) is 0.846. The number of thiophene rings is 1. The van der Waals surface area contributed by atoms with Crippen molar-refractivity contribution in [1.29, 1.82) is 0 Å². The molecule has 1 N–H and O–H groups in total. The summed E-state index contributed by atoms with van der Waals surface area (Å²) in [6, 6.07) is 11.5. The molecule has 1 unspecified atom stereocenters. The predicted molar refractivity (Wildman–Crippen MR) is 80.4 cm³/mol. The highest BCUT2D eigenvalue weighted by Gasteiger charge is 2.14. The van der Waals surface area contributed by atoms with Gasteiger partial charge < -0.3 is 5.32 Å². The van der Waals surface area contributed by atoms with Crippen molar-refractivity contribution in [1.82, 2.24) is 5.32 Å². The molecule has 1 atom stereocenters. The SMILES string of the molecule is CCNC(Cc1cccc(C)c1)c1sccc1C. The molecule has 0 aliphatic rings. The minimum Gasteiger partial charge on any atom is -0.309 e. The summed E-state index contributed by atoms with van der Waals surface area (Å²) in [5.74, 6) is 0. The molecule has 0 aliphatic heterocycles. The molecule has 1 aromatic heterocycles. The zero-order valence-corrected chi connectivity index (χ0v) is 12.2. The van der Waals surface area contributed by atoms with Crippen LogP contribution in [0.2, 0.25) is 0 Å². The number of rotatable bonds is 5. The van der Waals surface area contributed by atoms with Gasteiger partial charge >= 0.3 is 0 Å². The first-order valence-corrected chi connectivity index (χ1v) is 7.41. The zero-order chi connectivity index (χ0) is 13.0. The molecule has 0 saturated carbocycles. The lowest BCUT2D eigenvalue weighted by Crippen LogP contribution is -2.22. The van der Waals surface area contributed by atoms with Crippen LogP contribution in [0.15, 0.2) is 35.7 Å². The van der Waals surface area contributed by atoms with Crippen molar-refractivity contribution in [2.75, 3.05) is 6.54 Å². The normalized spacial score (nSPS) is 12.6. The predicted octanol–water partition coefficient (Wildman–Crippen LogP) is 4.26. The van der Waals surface area contributed by atoms with Gasteiger partial charge in [0.25, 0.3) is 0 Å². The third kappa shape index (κ3) is 3.21. The standard InChI is InChI=1S/C16H21NS/c1-4-17-15(16-13(3)8-9-18-16)11-14-7-5-6-12(2)10-14/h5-10,15,17H,4,11H2,1-3H3. The van der Waals surface area contributed by atoms with Crippen molar-refractivity contribution in [2.24, 2.45) is 0 Å². The first kappa shape index (κ1) is 13.3. The minimum absolute atomic E-state index is 0.441. The van der Waals surface area contributed by atoms with Crippen LogP contribution in [0.1, 0.15) is 34.5 Å². The second kappa shape index (κ2) is 6.17. The fourth-order valence-corrected chi connectivity index (χ4v) is 3.32. The van der Waals surface area contributed by atoms with Crippen LogP contribution in [0.3, 0.4) is 0 Å². The fraction of sp³-hybridized carbons (Fsp3) is 0.375. The van der Waals surface area contributed by atoms with Crippen molar-refractivity contribution < 1.29 is 0 Å². The molecule has 18 heavy (non-hydrogen) atoms. The van der Waals surface area contributed by atoms with E-state index in [1.165, 1.54) is 21.6 Å². The van der Waals surface area contributed by atoms with Crippen LogP contribution < -0.4 is 5.32 Å². The highest BCUT2D eigenvalue weighted by molar-refractivity contribution is 7.10. The van der Waals surface area contributed by atoms with Gasteiger partial charge in [0.05, 0.1) is 0 Å². The second-order valence-corrected chi connectivity index (χ2v) is 5.72. The Morgan fingerprint density at radius 3 is 2.67 bits per heavy atom. The lowest BCUT2D eigenvalue weighted by molar-refractivity contribution is 0.556. The zero-order valence-electron chi connectivity index (χ0n) is 11.4. The number of hydrogen-bond donors (Lipinski definition) is 1. The highest BCUT2D eigenvalue weighted by atomic mass is 32.1. The van der Waals surface area contributed by atoms with E-state index in [1.54, 1.807) is 0 Å². The second-order valence-electron chi connectivity index (χ2n) is 4.77. The molecule has 1 heterocycles. The molecular weight excluding hydrogens is 238 g/mol. The molecule has 1 nitrogen and oxygen atoms in total. The van der Waals surface area contributed by atoms with Crippen LogP contribution in [0.5, 0.6) is 0 Å². The summed E-state index contributed by atoms with van der Waals surface area (Å²) in [4.78, 5) is 1.47. The molecule has 0 radical (unpaired) electrons. The molecule has 0 amide bonds. The molecule has 0 saturated heterocycles. The van der Waals surface area contributed by atoms with E-state index in [4.69, 9.17) is 0 Å². The minimum atomic E-state index is 0.441. The Balaban J connectivity index is 2.19. The Labute approximate surface area is 114 Å². The van der Waals surface area contributed by atoms with Gasteiger partial charge in [0.2, 0.25) is 0 Å². The molecule has 0 aliphatic carbocycles. The third-order valence-corrected chi connectivity index (χ3v) is 4.32. The summed E-state index contributed by atoms with van der Waals surface area (Å²) in [5, 5.41) is 5.79. The van der Waals surface area contributed by atoms with Gasteiger partial charge in [0.1, 0.15) is 0 Å². The van der Waals surface area contributed by atoms with Crippen molar-refractivity contribution in [3.05, 3.63) is 57.3 Å². The monoisotopic (exact) mass is 259 g/mol. The summed E-state index contributed by atoms with van der Waals surface area (Å²) in [5.41, 5.74) is 4.15. The van der Waals surface area contributed by atoms with E-state index in [-0.39, 0.29) is 0 Å². The molecule has 96 valence electrons. The summed E-state index contributed by atoms with van der Waals surface area (Å²) in [6.45, 7) is 7.54. The number of aryl methyl sites for hydroxylation is 2. The van der Waals surface area contributed by atoms with Crippen molar-refractivity contribution >= 4 is 11.3 Å². The number of benzene rings is 1. The Morgan fingerprint density at radius 2 is 2.06 bits per heavy atom. The molecule has 0 spiro atoms. The van der Waals surface area contributed by atoms with E-state index < -0.39 is 0 Å². The number of nitrogens with one attached hydrogen (secondary N) is 1. The molecule has 0 bridgehead atoms. The molecule has 2 heteroatoms. The Bertz CT molecular complexity index is 501. The third-order valence-electron chi connectivity index (χ3n) is 3.19. The van der Waals surface area contributed by atoms with Gasteiger partial charge in [0, 0.05) is 10.9 Å². The van der Waals surface area contributed by atoms with Gasteiger partial charge in [-0.25, -0.2) is 0 Å². The lowest BCUT2D eigenvalue weighted by Gasteiger charge is -2.18. The van der Waals surface area contributed by atoms with Gasteiger partial charge in [-0.2, -0.15) is 0 Å². The van der Waals surface area contributed by atoms with E-state index >= 15 is 0 Å². The lowest BCUT2D eigenvalue weighted by atomic mass is 10.0. The summed E-state index contributed by atoms with van der Waals surface area (Å²) >= 11 is 1.86. The van der Waals surface area contributed by atoms with Gasteiger partial charge in [0.15, 0.2) is 0 Å². The van der Waals surface area contributed by atoms with Crippen LogP contribution in [0.25, 0.3) is 0 Å².